The number of hydrogen-bond donors (Lipinski definition) is 3. The van der Waals surface area contributed by atoms with E-state index in [1.807, 2.05) is 0 Å². The number of rotatable bonds is 4. The van der Waals surface area contributed by atoms with Gasteiger partial charge in [0.2, 0.25) is 0 Å². The van der Waals surface area contributed by atoms with E-state index in [9.17, 15) is 9.18 Å². The van der Waals surface area contributed by atoms with Crippen LogP contribution in [0.5, 0.6) is 0 Å². The molecule has 122 valence electrons. The van der Waals surface area contributed by atoms with Gasteiger partial charge in [-0.3, -0.25) is 10.7 Å². The van der Waals surface area contributed by atoms with Crippen molar-refractivity contribution in [3.63, 3.8) is 0 Å². The van der Waals surface area contributed by atoms with Crippen LogP contribution in [0.25, 0.3) is 0 Å². The molecule has 6 nitrogen and oxygen atoms in total. The molecule has 0 radical (unpaired) electrons. The number of carbonyl (C=O) groups is 1. The van der Waals surface area contributed by atoms with Crippen LogP contribution in [0.4, 0.5) is 15.0 Å². The first-order chi connectivity index (χ1) is 11.0. The zero-order chi connectivity index (χ0) is 16.8. The predicted molar refractivity (Wildman–Crippen MR) is 88.3 cm³/mol. The molecule has 1 aromatic heterocycles. The van der Waals surface area contributed by atoms with Gasteiger partial charge in [-0.15, -0.1) is 0 Å². The highest BCUT2D eigenvalue weighted by molar-refractivity contribution is 5.96. The molecule has 1 aliphatic rings. The average molecular weight is 317 g/mol. The summed E-state index contributed by atoms with van der Waals surface area (Å²) >= 11 is 0. The molecule has 2 rings (SSSR count). The second-order valence-electron chi connectivity index (χ2n) is 5.42. The van der Waals surface area contributed by atoms with Crippen LogP contribution < -0.4 is 10.6 Å². The van der Waals surface area contributed by atoms with Crippen molar-refractivity contribution < 1.29 is 9.18 Å². The third kappa shape index (κ3) is 4.91. The van der Waals surface area contributed by atoms with Gasteiger partial charge in [0.1, 0.15) is 17.5 Å². The Bertz CT molecular complexity index is 649. The largest absolute Gasteiger partial charge is 0.363 e. The number of amides is 2. The second kappa shape index (κ2) is 7.53. The van der Waals surface area contributed by atoms with E-state index in [2.05, 4.69) is 15.6 Å². The van der Waals surface area contributed by atoms with Crippen LogP contribution in [-0.2, 0) is 0 Å². The van der Waals surface area contributed by atoms with Crippen LogP contribution in [-0.4, -0.2) is 42.4 Å². The Morgan fingerprint density at radius 2 is 2.13 bits per heavy atom. The average Bonchev–Trinajstić information content (AvgIpc) is 2.54. The summed E-state index contributed by atoms with van der Waals surface area (Å²) in [7, 11) is 3.56. The standard InChI is InChI=1S/C16H20FN5O/c1-22(2)15(18)12-5-8-14(19-10-12)21-16(23)20-9-11-3-6-13(17)7-4-11/h3,5-6,8,10,18H,4,7,9H2,1-2H3,(H2,19,20,21,23). The zero-order valence-corrected chi connectivity index (χ0v) is 13.2. The molecule has 1 aromatic rings. The molecule has 0 saturated heterocycles. The van der Waals surface area contributed by atoms with Gasteiger partial charge in [0.05, 0.1) is 0 Å². The summed E-state index contributed by atoms with van der Waals surface area (Å²) in [5.74, 6) is 0.616. The molecule has 0 aromatic carbocycles. The summed E-state index contributed by atoms with van der Waals surface area (Å²) in [4.78, 5) is 17.6. The van der Waals surface area contributed by atoms with E-state index in [1.54, 1.807) is 37.2 Å². The Morgan fingerprint density at radius 3 is 2.70 bits per heavy atom. The van der Waals surface area contributed by atoms with E-state index in [4.69, 9.17) is 5.41 Å². The van der Waals surface area contributed by atoms with Gasteiger partial charge >= 0.3 is 6.03 Å². The Morgan fingerprint density at radius 1 is 1.35 bits per heavy atom. The number of allylic oxidation sites excluding steroid dienone is 3. The van der Waals surface area contributed by atoms with Crippen LogP contribution in [0.1, 0.15) is 18.4 Å². The summed E-state index contributed by atoms with van der Waals surface area (Å²) in [6.45, 7) is 0.374. The lowest BCUT2D eigenvalue weighted by Crippen LogP contribution is -2.31. The van der Waals surface area contributed by atoms with Gasteiger partial charge in [0.15, 0.2) is 0 Å². The van der Waals surface area contributed by atoms with Crippen LogP contribution in [0, 0.1) is 5.41 Å². The van der Waals surface area contributed by atoms with Gasteiger partial charge in [-0.05, 0) is 24.6 Å². The molecule has 0 spiro atoms. The molecule has 3 N–H and O–H groups in total. The number of urea groups is 1. The van der Waals surface area contributed by atoms with Gasteiger partial charge in [-0.25, -0.2) is 14.2 Å². The molecule has 0 unspecified atom stereocenters. The summed E-state index contributed by atoms with van der Waals surface area (Å²) < 4.78 is 12.9. The van der Waals surface area contributed by atoms with E-state index < -0.39 is 0 Å². The fraction of sp³-hybridized carbons (Fsp3) is 0.312. The fourth-order valence-electron chi connectivity index (χ4n) is 2.02. The maximum atomic E-state index is 12.9. The van der Waals surface area contributed by atoms with Gasteiger partial charge in [-0.1, -0.05) is 11.6 Å². The number of pyridine rings is 1. The summed E-state index contributed by atoms with van der Waals surface area (Å²) in [6.07, 6.45) is 5.66. The maximum Gasteiger partial charge on any atom is 0.320 e. The molecule has 0 fully saturated rings. The number of nitrogens with zero attached hydrogens (tertiary/aromatic N) is 2. The van der Waals surface area contributed by atoms with E-state index >= 15 is 0 Å². The maximum absolute atomic E-state index is 12.9. The van der Waals surface area contributed by atoms with E-state index in [0.717, 1.165) is 5.57 Å². The molecule has 23 heavy (non-hydrogen) atoms. The Balaban J connectivity index is 1.85. The molecule has 7 heteroatoms. The topological polar surface area (TPSA) is 81.1 Å². The minimum absolute atomic E-state index is 0.134. The molecule has 0 aliphatic heterocycles. The minimum atomic E-state index is -0.371. The quantitative estimate of drug-likeness (QED) is 0.590. The fourth-order valence-corrected chi connectivity index (χ4v) is 2.02. The van der Waals surface area contributed by atoms with Crippen molar-refractivity contribution in [2.75, 3.05) is 26.0 Å². The summed E-state index contributed by atoms with van der Waals surface area (Å²) in [5, 5.41) is 13.2. The van der Waals surface area contributed by atoms with Crippen molar-refractivity contribution in [3.05, 3.63) is 47.4 Å². The summed E-state index contributed by atoms with van der Waals surface area (Å²) in [5.41, 5.74) is 1.64. The number of anilines is 1. The number of carbonyl (C=O) groups excluding carboxylic acids is 1. The van der Waals surface area contributed by atoms with E-state index in [1.165, 1.54) is 12.3 Å². The van der Waals surface area contributed by atoms with Gasteiger partial charge in [-0.2, -0.15) is 0 Å². The summed E-state index contributed by atoms with van der Waals surface area (Å²) in [6, 6.07) is 3.00. The highest BCUT2D eigenvalue weighted by Crippen LogP contribution is 2.18. The Labute approximate surface area is 134 Å². The monoisotopic (exact) mass is 317 g/mol. The van der Waals surface area contributed by atoms with E-state index in [0.29, 0.717) is 36.6 Å². The number of amidine groups is 1. The van der Waals surface area contributed by atoms with E-state index in [-0.39, 0.29) is 11.9 Å². The van der Waals surface area contributed by atoms with Crippen molar-refractivity contribution in [1.29, 1.82) is 5.41 Å². The van der Waals surface area contributed by atoms with Crippen molar-refractivity contribution in [2.24, 2.45) is 0 Å². The van der Waals surface area contributed by atoms with Crippen LogP contribution >= 0.6 is 0 Å². The van der Waals surface area contributed by atoms with Crippen LogP contribution in [0.3, 0.4) is 0 Å². The molecule has 0 saturated carbocycles. The minimum Gasteiger partial charge on any atom is -0.363 e. The van der Waals surface area contributed by atoms with Crippen molar-refractivity contribution in [2.45, 2.75) is 12.8 Å². The smallest absolute Gasteiger partial charge is 0.320 e. The number of aromatic nitrogens is 1. The lowest BCUT2D eigenvalue weighted by atomic mass is 10.0. The third-order valence-corrected chi connectivity index (χ3v) is 3.39. The highest BCUT2D eigenvalue weighted by atomic mass is 19.1. The van der Waals surface area contributed by atoms with Crippen LogP contribution in [0.15, 0.2) is 41.9 Å². The molecular formula is C16H20FN5O. The number of halogens is 1. The van der Waals surface area contributed by atoms with Crippen molar-refractivity contribution >= 4 is 17.7 Å². The lowest BCUT2D eigenvalue weighted by Gasteiger charge is -2.14. The Kier molecular flexibility index (Phi) is 5.46. The molecule has 0 bridgehead atoms. The molecule has 1 aliphatic carbocycles. The first-order valence-corrected chi connectivity index (χ1v) is 7.27. The molecule has 1 heterocycles. The number of hydrogen-bond acceptors (Lipinski definition) is 3. The van der Waals surface area contributed by atoms with Gasteiger partial charge < -0.3 is 10.2 Å². The normalized spacial score (nSPS) is 13.7. The second-order valence-corrected chi connectivity index (χ2v) is 5.42. The third-order valence-electron chi connectivity index (χ3n) is 3.39. The molecular weight excluding hydrogens is 297 g/mol. The first kappa shape index (κ1) is 16.7. The lowest BCUT2D eigenvalue weighted by molar-refractivity contribution is 0.252. The SMILES string of the molecule is CN(C)C(=N)c1ccc(NC(=O)NCC2=CC=C(F)CC2)nc1. The highest BCUT2D eigenvalue weighted by Gasteiger charge is 2.09. The first-order valence-electron chi connectivity index (χ1n) is 7.27. The Hall–Kier alpha value is -2.70. The predicted octanol–water partition coefficient (Wildman–Crippen LogP) is 2.66. The van der Waals surface area contributed by atoms with Crippen LogP contribution in [0.2, 0.25) is 0 Å². The van der Waals surface area contributed by atoms with Crippen molar-refractivity contribution in [3.8, 4) is 0 Å². The zero-order valence-electron chi connectivity index (χ0n) is 13.2. The number of nitrogens with one attached hydrogen (secondary N) is 3. The molecule has 2 amide bonds. The van der Waals surface area contributed by atoms with Gasteiger partial charge in [0.25, 0.3) is 0 Å². The van der Waals surface area contributed by atoms with Crippen molar-refractivity contribution in [1.82, 2.24) is 15.2 Å². The molecule has 0 atom stereocenters. The van der Waals surface area contributed by atoms with Gasteiger partial charge in [0, 0.05) is 38.8 Å².